The number of aromatic nitrogens is 1. The van der Waals surface area contributed by atoms with E-state index in [4.69, 9.17) is 9.52 Å². The molecule has 0 amide bonds. The lowest BCUT2D eigenvalue weighted by molar-refractivity contribution is -0.134. The van der Waals surface area contributed by atoms with Crippen LogP contribution in [0.5, 0.6) is 0 Å². The molecule has 27 heavy (non-hydrogen) atoms. The van der Waals surface area contributed by atoms with Crippen molar-refractivity contribution in [3.63, 3.8) is 0 Å². The lowest BCUT2D eigenvalue weighted by atomic mass is 10.2. The van der Waals surface area contributed by atoms with Crippen LogP contribution in [0.2, 0.25) is 0 Å². The maximum Gasteiger partial charge on any atom is 0.318 e. The molecular weight excluding hydrogens is 370 g/mol. The van der Waals surface area contributed by atoms with Crippen LogP contribution in [0.3, 0.4) is 0 Å². The van der Waals surface area contributed by atoms with Crippen LogP contribution in [-0.2, 0) is 21.2 Å². The summed E-state index contributed by atoms with van der Waals surface area (Å²) >= 11 is 0. The van der Waals surface area contributed by atoms with E-state index in [1.165, 1.54) is 0 Å². The highest BCUT2D eigenvalue weighted by Crippen LogP contribution is 2.20. The van der Waals surface area contributed by atoms with E-state index in [-0.39, 0.29) is 5.75 Å². The van der Waals surface area contributed by atoms with Gasteiger partial charge < -0.3 is 9.52 Å². The van der Waals surface area contributed by atoms with Gasteiger partial charge in [-0.05, 0) is 0 Å². The molecule has 0 spiro atoms. The summed E-state index contributed by atoms with van der Waals surface area (Å²) in [6.45, 7) is 3.99. The summed E-state index contributed by atoms with van der Waals surface area (Å²) in [5.41, 5.74) is 0.989. The molecular formula is C18H23N3O5S. The van der Waals surface area contributed by atoms with Crippen LogP contribution < -0.4 is 0 Å². The fraction of sp³-hybridized carbons (Fsp3) is 0.444. The molecule has 1 saturated heterocycles. The average Bonchev–Trinajstić information content (AvgIpc) is 3.09. The molecule has 0 saturated carbocycles. The Morgan fingerprint density at radius 1 is 1.11 bits per heavy atom. The summed E-state index contributed by atoms with van der Waals surface area (Å²) in [6, 6.07) is 9.80. The molecule has 146 valence electrons. The second-order valence-electron chi connectivity index (χ2n) is 6.59. The van der Waals surface area contributed by atoms with Crippen LogP contribution >= 0.6 is 0 Å². The summed E-state index contributed by atoms with van der Waals surface area (Å²) in [5, 5.41) is 8.62. The number of hydrogen-bond donors (Lipinski definition) is 1. The van der Waals surface area contributed by atoms with Gasteiger partial charge in [-0.1, -0.05) is 30.3 Å². The first kappa shape index (κ1) is 19.5. The van der Waals surface area contributed by atoms with Gasteiger partial charge in [0.2, 0.25) is 5.89 Å². The first-order valence-corrected chi connectivity index (χ1v) is 10.6. The molecule has 3 rings (SSSR count). The van der Waals surface area contributed by atoms with Crippen molar-refractivity contribution >= 4 is 15.8 Å². The van der Waals surface area contributed by atoms with Crippen molar-refractivity contribution in [3.8, 4) is 11.3 Å². The van der Waals surface area contributed by atoms with Gasteiger partial charge in [0.25, 0.3) is 0 Å². The van der Waals surface area contributed by atoms with Gasteiger partial charge in [-0.2, -0.15) is 0 Å². The fourth-order valence-corrected chi connectivity index (χ4v) is 4.07. The summed E-state index contributed by atoms with van der Waals surface area (Å²) in [4.78, 5) is 19.2. The quantitative estimate of drug-likeness (QED) is 0.707. The third-order valence-electron chi connectivity index (χ3n) is 4.50. The van der Waals surface area contributed by atoms with E-state index in [0.717, 1.165) is 37.5 Å². The molecule has 1 aromatic heterocycles. The van der Waals surface area contributed by atoms with Gasteiger partial charge in [0.05, 0.1) is 18.5 Å². The van der Waals surface area contributed by atoms with E-state index in [0.29, 0.717) is 19.0 Å². The Labute approximate surface area is 158 Å². The molecule has 1 fully saturated rings. The number of hydrogen-bond acceptors (Lipinski definition) is 7. The fourth-order valence-electron chi connectivity index (χ4n) is 3.01. The smallest absolute Gasteiger partial charge is 0.318 e. The molecule has 0 aliphatic carbocycles. The number of carboxylic acids is 1. The zero-order valence-electron chi connectivity index (χ0n) is 15.0. The maximum absolute atomic E-state index is 11.7. The second kappa shape index (κ2) is 8.64. The minimum Gasteiger partial charge on any atom is -0.480 e. The van der Waals surface area contributed by atoms with Crippen molar-refractivity contribution in [3.05, 3.63) is 42.4 Å². The van der Waals surface area contributed by atoms with Crippen molar-refractivity contribution in [2.24, 2.45) is 0 Å². The molecule has 0 unspecified atom stereocenters. The molecule has 1 N–H and O–H groups in total. The molecule has 1 aliphatic heterocycles. The first-order chi connectivity index (χ1) is 12.9. The number of carbonyl (C=O) groups is 1. The number of nitrogens with zero attached hydrogens (tertiary/aromatic N) is 3. The highest BCUT2D eigenvalue weighted by molar-refractivity contribution is 7.92. The van der Waals surface area contributed by atoms with E-state index >= 15 is 0 Å². The zero-order chi connectivity index (χ0) is 19.3. The number of piperazine rings is 1. The highest BCUT2D eigenvalue weighted by atomic mass is 32.2. The Morgan fingerprint density at radius 2 is 1.78 bits per heavy atom. The number of rotatable bonds is 8. The number of sulfone groups is 1. The third kappa shape index (κ3) is 5.88. The molecule has 8 nitrogen and oxygen atoms in total. The van der Waals surface area contributed by atoms with E-state index < -0.39 is 21.6 Å². The monoisotopic (exact) mass is 393 g/mol. The molecule has 1 aromatic carbocycles. The van der Waals surface area contributed by atoms with Gasteiger partial charge in [0, 0.05) is 38.3 Å². The summed E-state index contributed by atoms with van der Waals surface area (Å²) in [7, 11) is -3.55. The Morgan fingerprint density at radius 3 is 2.44 bits per heavy atom. The molecule has 2 heterocycles. The van der Waals surface area contributed by atoms with Crippen LogP contribution in [0.25, 0.3) is 11.3 Å². The third-order valence-corrected chi connectivity index (χ3v) is 5.99. The molecule has 0 bridgehead atoms. The zero-order valence-corrected chi connectivity index (χ0v) is 15.8. The first-order valence-electron chi connectivity index (χ1n) is 8.78. The lowest BCUT2D eigenvalue weighted by Gasteiger charge is -2.33. The normalized spacial score (nSPS) is 16.4. The van der Waals surface area contributed by atoms with Gasteiger partial charge >= 0.3 is 5.97 Å². The topological polar surface area (TPSA) is 104 Å². The Bertz CT molecular complexity index is 858. The minimum atomic E-state index is -3.55. The second-order valence-corrected chi connectivity index (χ2v) is 8.77. The van der Waals surface area contributed by atoms with Gasteiger partial charge in [-0.3, -0.25) is 14.6 Å². The predicted molar refractivity (Wildman–Crippen MR) is 99.9 cm³/mol. The molecule has 1 aliphatic rings. The van der Waals surface area contributed by atoms with Crippen molar-refractivity contribution in [2.45, 2.75) is 6.54 Å². The van der Waals surface area contributed by atoms with Gasteiger partial charge in [0.15, 0.2) is 15.6 Å². The average molecular weight is 393 g/mol. The predicted octanol–water partition coefficient (Wildman–Crippen LogP) is 0.959. The molecule has 2 aromatic rings. The molecule has 0 radical (unpaired) electrons. The van der Waals surface area contributed by atoms with Crippen LogP contribution in [-0.4, -0.2) is 78.5 Å². The maximum atomic E-state index is 11.7. The summed E-state index contributed by atoms with van der Waals surface area (Å²) in [5.74, 6) is -0.833. The Hall–Kier alpha value is -2.23. The number of benzene rings is 1. The van der Waals surface area contributed by atoms with E-state index in [1.807, 2.05) is 35.2 Å². The Balaban J connectivity index is 1.45. The number of oxazole rings is 1. The minimum absolute atomic E-state index is 0.126. The van der Waals surface area contributed by atoms with Gasteiger partial charge in [-0.25, -0.2) is 13.4 Å². The van der Waals surface area contributed by atoms with Crippen LogP contribution in [0, 0.1) is 0 Å². The summed E-state index contributed by atoms with van der Waals surface area (Å²) in [6.07, 6.45) is 1.73. The van der Waals surface area contributed by atoms with Crippen molar-refractivity contribution in [1.82, 2.24) is 14.8 Å². The van der Waals surface area contributed by atoms with Gasteiger partial charge in [0.1, 0.15) is 5.75 Å². The van der Waals surface area contributed by atoms with Crippen LogP contribution in [0.4, 0.5) is 0 Å². The largest absolute Gasteiger partial charge is 0.480 e. The number of aliphatic carboxylic acids is 1. The van der Waals surface area contributed by atoms with Crippen molar-refractivity contribution in [2.75, 3.05) is 44.2 Å². The molecule has 0 atom stereocenters. The van der Waals surface area contributed by atoms with Crippen LogP contribution in [0.1, 0.15) is 5.89 Å². The van der Waals surface area contributed by atoms with E-state index in [2.05, 4.69) is 9.88 Å². The number of carboxylic acid groups (broad SMARTS) is 1. The molecule has 9 heteroatoms. The SMILES string of the molecule is O=C(O)CS(=O)(=O)CCN1CCN(Cc2ncc(-c3ccccc3)o2)CC1. The Kier molecular flexibility index (Phi) is 6.25. The van der Waals surface area contributed by atoms with Crippen molar-refractivity contribution < 1.29 is 22.7 Å². The standard InChI is InChI=1S/C18H23N3O5S/c22-18(23)14-27(24,25)11-10-20-6-8-21(9-7-20)13-17-19-12-16(26-17)15-4-2-1-3-5-15/h1-5,12H,6-11,13-14H2,(H,22,23). The van der Waals surface area contributed by atoms with Crippen molar-refractivity contribution in [1.29, 1.82) is 0 Å². The van der Waals surface area contributed by atoms with E-state index in [1.54, 1.807) is 6.20 Å². The van der Waals surface area contributed by atoms with Gasteiger partial charge in [-0.15, -0.1) is 0 Å². The van der Waals surface area contributed by atoms with E-state index in [9.17, 15) is 13.2 Å². The van der Waals surface area contributed by atoms with Crippen LogP contribution in [0.15, 0.2) is 40.9 Å². The lowest BCUT2D eigenvalue weighted by Crippen LogP contribution is -2.47. The summed E-state index contributed by atoms with van der Waals surface area (Å²) < 4.78 is 29.2. The highest BCUT2D eigenvalue weighted by Gasteiger charge is 2.22.